The Morgan fingerprint density at radius 3 is 2.77 bits per heavy atom. The molecule has 11 heteroatoms. The lowest BCUT2D eigenvalue weighted by atomic mass is 10.1. The summed E-state index contributed by atoms with van der Waals surface area (Å²) in [4.78, 5) is 35.4. The molecule has 39 heavy (non-hydrogen) atoms. The number of aromatic nitrogens is 4. The Morgan fingerprint density at radius 2 is 2.03 bits per heavy atom. The van der Waals surface area contributed by atoms with Crippen molar-refractivity contribution in [2.24, 2.45) is 0 Å². The number of halogens is 1. The van der Waals surface area contributed by atoms with Gasteiger partial charge in [-0.1, -0.05) is 42.4 Å². The fourth-order valence-electron chi connectivity index (χ4n) is 4.85. The first-order valence-corrected chi connectivity index (χ1v) is 12.9. The second kappa shape index (κ2) is 11.1. The van der Waals surface area contributed by atoms with E-state index in [1.165, 1.54) is 19.5 Å². The summed E-state index contributed by atoms with van der Waals surface area (Å²) in [5.74, 6) is 0.387. The molecule has 1 aliphatic heterocycles. The normalized spacial score (nSPS) is 15.2. The molecule has 0 aliphatic carbocycles. The number of amides is 2. The minimum atomic E-state index is -0.265. The van der Waals surface area contributed by atoms with Gasteiger partial charge in [-0.05, 0) is 42.7 Å². The highest BCUT2D eigenvalue weighted by Crippen LogP contribution is 2.34. The molecule has 1 atom stereocenters. The molecule has 5 rings (SSSR count). The monoisotopic (exact) mass is 545 g/mol. The highest BCUT2D eigenvalue weighted by molar-refractivity contribution is 6.30. The number of hydrogen-bond donors (Lipinski definition) is 2. The number of nitrogens with one attached hydrogen (secondary N) is 1. The Balaban J connectivity index is 1.38. The predicted molar refractivity (Wildman–Crippen MR) is 149 cm³/mol. The topological polar surface area (TPSA) is 128 Å². The number of nitrogens with two attached hydrogens (primary N) is 1. The number of fused-ring (bicyclic) bond motifs is 1. The maximum atomic E-state index is 12.7. The number of carbonyl (C=O) groups is 2. The van der Waals surface area contributed by atoms with E-state index < -0.39 is 0 Å². The molecular weight excluding hydrogens is 518 g/mol. The minimum absolute atomic E-state index is 0.0486. The van der Waals surface area contributed by atoms with Crippen molar-refractivity contribution in [3.8, 4) is 17.0 Å². The SMILES string of the molecule is C=CC(=O)N1CCC[C@@H](n2nc(-c3ccc(CNC(=O)c4ccc(Cl)cc4OC)cc3)c3c(N)ncnc32)C1. The molecule has 0 radical (unpaired) electrons. The highest BCUT2D eigenvalue weighted by atomic mass is 35.5. The van der Waals surface area contributed by atoms with E-state index >= 15 is 0 Å². The van der Waals surface area contributed by atoms with Crippen molar-refractivity contribution in [3.63, 3.8) is 0 Å². The van der Waals surface area contributed by atoms with Gasteiger partial charge in [-0.2, -0.15) is 5.10 Å². The third-order valence-corrected chi connectivity index (χ3v) is 7.07. The molecule has 200 valence electrons. The number of rotatable bonds is 7. The molecule has 0 unspecified atom stereocenters. The maximum absolute atomic E-state index is 12.7. The number of ether oxygens (including phenoxy) is 1. The van der Waals surface area contributed by atoms with Crippen LogP contribution in [0.2, 0.25) is 5.02 Å². The second-order valence-electron chi connectivity index (χ2n) is 9.26. The Kier molecular flexibility index (Phi) is 7.47. The quantitative estimate of drug-likeness (QED) is 0.336. The Hall–Kier alpha value is -4.44. The van der Waals surface area contributed by atoms with Crippen molar-refractivity contribution in [1.29, 1.82) is 0 Å². The third kappa shape index (κ3) is 5.28. The number of methoxy groups -OCH3 is 1. The Morgan fingerprint density at radius 1 is 1.23 bits per heavy atom. The predicted octanol–water partition coefficient (Wildman–Crippen LogP) is 4.02. The van der Waals surface area contributed by atoms with Gasteiger partial charge in [-0.15, -0.1) is 0 Å². The van der Waals surface area contributed by atoms with E-state index in [2.05, 4.69) is 21.9 Å². The number of carbonyl (C=O) groups excluding carboxylic acids is 2. The van der Waals surface area contributed by atoms with Crippen LogP contribution in [-0.4, -0.2) is 56.7 Å². The van der Waals surface area contributed by atoms with Crippen LogP contribution in [0.5, 0.6) is 5.75 Å². The number of benzene rings is 2. The van der Waals surface area contributed by atoms with Gasteiger partial charge in [0.25, 0.3) is 5.91 Å². The van der Waals surface area contributed by atoms with E-state index in [1.54, 1.807) is 23.1 Å². The first-order chi connectivity index (χ1) is 18.9. The Labute approximate surface area is 230 Å². The molecule has 2 amide bonds. The smallest absolute Gasteiger partial charge is 0.255 e. The third-order valence-electron chi connectivity index (χ3n) is 6.84. The summed E-state index contributed by atoms with van der Waals surface area (Å²) in [6.45, 7) is 5.13. The molecular formula is C28H28ClN7O3. The summed E-state index contributed by atoms with van der Waals surface area (Å²) in [5, 5.41) is 8.98. The van der Waals surface area contributed by atoms with Crippen molar-refractivity contribution in [3.05, 3.63) is 77.6 Å². The van der Waals surface area contributed by atoms with E-state index in [0.717, 1.165) is 24.0 Å². The van der Waals surface area contributed by atoms with Gasteiger partial charge >= 0.3 is 0 Å². The van der Waals surface area contributed by atoms with Crippen LogP contribution in [0.3, 0.4) is 0 Å². The molecule has 2 aromatic carbocycles. The van der Waals surface area contributed by atoms with Crippen LogP contribution in [0.4, 0.5) is 5.82 Å². The zero-order chi connectivity index (χ0) is 27.5. The minimum Gasteiger partial charge on any atom is -0.496 e. The number of nitrogens with zero attached hydrogens (tertiary/aromatic N) is 5. The standard InChI is InChI=1S/C28H28ClN7O3/c1-3-23(37)35-12-4-5-20(15-35)36-27-24(26(30)32-16-33-27)25(34-36)18-8-6-17(7-9-18)14-31-28(38)21-11-10-19(29)13-22(21)39-2/h3,6-11,13,16,20H,1,4-5,12,14-15H2,2H3,(H,31,38)(H2,30,32,33)/t20-/m1/s1. The van der Waals surface area contributed by atoms with Crippen molar-refractivity contribution in [2.45, 2.75) is 25.4 Å². The number of anilines is 1. The van der Waals surface area contributed by atoms with E-state index in [1.807, 2.05) is 28.9 Å². The maximum Gasteiger partial charge on any atom is 0.255 e. The zero-order valence-electron chi connectivity index (χ0n) is 21.4. The van der Waals surface area contributed by atoms with Crippen LogP contribution in [-0.2, 0) is 11.3 Å². The van der Waals surface area contributed by atoms with Crippen LogP contribution >= 0.6 is 11.6 Å². The summed E-state index contributed by atoms with van der Waals surface area (Å²) in [6, 6.07) is 12.5. The van der Waals surface area contributed by atoms with Crippen molar-refractivity contribution in [1.82, 2.24) is 30.0 Å². The molecule has 1 aliphatic rings. The van der Waals surface area contributed by atoms with E-state index in [-0.39, 0.29) is 17.9 Å². The van der Waals surface area contributed by atoms with Crippen molar-refractivity contribution in [2.75, 3.05) is 25.9 Å². The summed E-state index contributed by atoms with van der Waals surface area (Å²) in [7, 11) is 1.50. The zero-order valence-corrected chi connectivity index (χ0v) is 22.2. The molecule has 4 aromatic rings. The second-order valence-corrected chi connectivity index (χ2v) is 9.70. The molecule has 3 N–H and O–H groups in total. The van der Waals surface area contributed by atoms with Gasteiger partial charge in [0.15, 0.2) is 5.65 Å². The number of nitrogen functional groups attached to an aromatic ring is 1. The van der Waals surface area contributed by atoms with Crippen LogP contribution in [0.1, 0.15) is 34.8 Å². The van der Waals surface area contributed by atoms with Gasteiger partial charge in [0.05, 0.1) is 24.1 Å². The molecule has 3 heterocycles. The fourth-order valence-corrected chi connectivity index (χ4v) is 5.01. The van der Waals surface area contributed by atoms with Gasteiger partial charge in [0.1, 0.15) is 23.6 Å². The molecule has 0 spiro atoms. The molecule has 1 saturated heterocycles. The van der Waals surface area contributed by atoms with Gasteiger partial charge in [-0.25, -0.2) is 14.6 Å². The lowest BCUT2D eigenvalue weighted by Gasteiger charge is -2.32. The molecule has 0 bridgehead atoms. The van der Waals surface area contributed by atoms with E-state index in [4.69, 9.17) is 27.2 Å². The lowest BCUT2D eigenvalue weighted by molar-refractivity contribution is -0.127. The first-order valence-electron chi connectivity index (χ1n) is 12.5. The average molecular weight is 546 g/mol. The van der Waals surface area contributed by atoms with Gasteiger partial charge in [-0.3, -0.25) is 9.59 Å². The molecule has 0 saturated carbocycles. The lowest BCUT2D eigenvalue weighted by Crippen LogP contribution is -2.40. The summed E-state index contributed by atoms with van der Waals surface area (Å²) in [6.07, 6.45) is 4.48. The average Bonchev–Trinajstić information content (AvgIpc) is 3.36. The van der Waals surface area contributed by atoms with Crippen LogP contribution < -0.4 is 15.8 Å². The van der Waals surface area contributed by atoms with Crippen molar-refractivity contribution < 1.29 is 14.3 Å². The van der Waals surface area contributed by atoms with Crippen LogP contribution in [0.15, 0.2) is 61.4 Å². The number of piperidine rings is 1. The molecule has 10 nitrogen and oxygen atoms in total. The largest absolute Gasteiger partial charge is 0.496 e. The molecule has 1 fully saturated rings. The fraction of sp³-hybridized carbons (Fsp3) is 0.250. The van der Waals surface area contributed by atoms with Crippen LogP contribution in [0.25, 0.3) is 22.3 Å². The summed E-state index contributed by atoms with van der Waals surface area (Å²) >= 11 is 6.00. The van der Waals surface area contributed by atoms with Gasteiger partial charge < -0.3 is 20.7 Å². The van der Waals surface area contributed by atoms with Crippen molar-refractivity contribution >= 4 is 40.3 Å². The van der Waals surface area contributed by atoms with E-state index in [0.29, 0.717) is 58.5 Å². The number of hydrogen-bond acceptors (Lipinski definition) is 7. The summed E-state index contributed by atoms with van der Waals surface area (Å²) < 4.78 is 7.14. The number of likely N-dealkylation sites (tertiary alicyclic amines) is 1. The highest BCUT2D eigenvalue weighted by Gasteiger charge is 2.28. The van der Waals surface area contributed by atoms with Gasteiger partial charge in [0, 0.05) is 30.2 Å². The van der Waals surface area contributed by atoms with Crippen LogP contribution in [0, 0.1) is 0 Å². The first kappa shape index (κ1) is 26.2. The Bertz CT molecular complexity index is 1550. The summed E-state index contributed by atoms with van der Waals surface area (Å²) in [5.41, 5.74) is 9.72. The van der Waals surface area contributed by atoms with E-state index in [9.17, 15) is 9.59 Å². The van der Waals surface area contributed by atoms with Gasteiger partial charge in [0.2, 0.25) is 5.91 Å². The molecule has 2 aromatic heterocycles.